The van der Waals surface area contributed by atoms with Crippen LogP contribution < -0.4 is 18.9 Å². The zero-order valence-electron chi connectivity index (χ0n) is 79.2. The Balaban J connectivity index is 0.000000149. The average molecular weight is 1780 g/mol. The van der Waals surface area contributed by atoms with Crippen LogP contribution in [-0.2, 0) is 24.4 Å². The van der Waals surface area contributed by atoms with Gasteiger partial charge < -0.3 is 37.2 Å². The molecule has 15 aliphatic carbocycles. The second kappa shape index (κ2) is 36.6. The summed E-state index contributed by atoms with van der Waals surface area (Å²) in [6.45, 7) is 33.9. The van der Waals surface area contributed by atoms with Gasteiger partial charge in [0.2, 0.25) is 17.8 Å². The molecule has 1 saturated heterocycles. The predicted molar refractivity (Wildman–Crippen MR) is 484 cm³/mol. The molecular weight excluding hydrogens is 1620 g/mol. The van der Waals surface area contributed by atoms with Crippen LogP contribution in [0.1, 0.15) is 353 Å². The summed E-state index contributed by atoms with van der Waals surface area (Å²) in [6.07, 6.45) is 37.8. The summed E-state index contributed by atoms with van der Waals surface area (Å²) >= 11 is 0. The van der Waals surface area contributed by atoms with Crippen molar-refractivity contribution >= 4 is 19.7 Å². The van der Waals surface area contributed by atoms with Crippen molar-refractivity contribution in [2.75, 3.05) is 12.4 Å². The Bertz CT molecular complexity index is 4330. The number of benzene rings is 2. The Kier molecular flexibility index (Phi) is 29.3. The Morgan fingerprint density at radius 1 is 0.424 bits per heavy atom. The van der Waals surface area contributed by atoms with Gasteiger partial charge in [-0.05, 0) is 378 Å². The molecule has 10 nitrogen and oxygen atoms in total. The summed E-state index contributed by atoms with van der Waals surface area (Å²) < 4.78 is 140. The molecule has 12 saturated carbocycles. The molecule has 2 aromatic rings. The van der Waals surface area contributed by atoms with Gasteiger partial charge in [-0.25, -0.2) is 43.2 Å². The third-order valence-corrected chi connectivity index (χ3v) is 43.6. The van der Waals surface area contributed by atoms with Crippen molar-refractivity contribution in [3.63, 3.8) is 0 Å². The van der Waals surface area contributed by atoms with E-state index in [1.807, 2.05) is 39.0 Å². The van der Waals surface area contributed by atoms with Crippen LogP contribution >= 0.6 is 0 Å². The first-order valence-electron chi connectivity index (χ1n) is 49.6. The van der Waals surface area contributed by atoms with Crippen LogP contribution in [0, 0.1) is 128 Å². The van der Waals surface area contributed by atoms with E-state index in [0.29, 0.717) is 89.4 Å². The zero-order chi connectivity index (χ0) is 89.9. The number of hydrogen-bond donors (Lipinski definition) is 5. The third kappa shape index (κ3) is 20.4. The number of epoxide rings is 1. The molecule has 700 valence electrons. The van der Waals surface area contributed by atoms with Gasteiger partial charge in [0.25, 0.3) is 0 Å². The molecule has 1 aliphatic heterocycles. The maximum absolute atomic E-state index is 14.3. The van der Waals surface area contributed by atoms with Crippen molar-refractivity contribution in [2.24, 2.45) is 121 Å². The quantitative estimate of drug-likeness (QED) is 0.0378. The van der Waals surface area contributed by atoms with E-state index in [4.69, 9.17) is 4.74 Å². The smallest absolute Gasteiger partial charge is 0.390 e. The summed E-state index contributed by atoms with van der Waals surface area (Å²) in [5.74, 6) is 0.373. The van der Waals surface area contributed by atoms with Crippen molar-refractivity contribution in [1.29, 1.82) is 0 Å². The van der Waals surface area contributed by atoms with Gasteiger partial charge in [-0.3, -0.25) is 0 Å². The number of halogens is 6. The van der Waals surface area contributed by atoms with Crippen molar-refractivity contribution in [3.05, 3.63) is 103 Å². The fraction of sp³-hybridized carbons (Fsp3) is 0.821. The number of ether oxygens (including phenoxy) is 1. The van der Waals surface area contributed by atoms with Crippen molar-refractivity contribution in [2.45, 2.75) is 420 Å². The Hall–Kier alpha value is -2.50. The maximum Gasteiger partial charge on any atom is 1.00 e. The van der Waals surface area contributed by atoms with E-state index >= 15 is 0 Å². The monoisotopic (exact) mass is 1780 g/mol. The number of rotatable bonds is 15. The van der Waals surface area contributed by atoms with E-state index in [2.05, 4.69) is 94.4 Å². The van der Waals surface area contributed by atoms with E-state index in [-0.39, 0.29) is 138 Å². The van der Waals surface area contributed by atoms with E-state index in [0.717, 1.165) is 133 Å². The van der Waals surface area contributed by atoms with Gasteiger partial charge in [0.15, 0.2) is 19.7 Å². The molecule has 125 heavy (non-hydrogen) atoms. The van der Waals surface area contributed by atoms with E-state index in [1.165, 1.54) is 74.5 Å². The van der Waals surface area contributed by atoms with Gasteiger partial charge >= 0.3 is 18.9 Å². The minimum absolute atomic E-state index is 0. The average Bonchev–Trinajstić information content (AvgIpc) is 1.65. The Morgan fingerprint density at radius 2 is 0.760 bits per heavy atom. The van der Waals surface area contributed by atoms with E-state index in [9.17, 15) is 68.7 Å². The molecule has 0 amide bonds. The minimum Gasteiger partial charge on any atom is -0.390 e. The summed E-state index contributed by atoms with van der Waals surface area (Å²) in [5.41, 5.74) is 1.65. The van der Waals surface area contributed by atoms with E-state index < -0.39 is 83.5 Å². The van der Waals surface area contributed by atoms with Gasteiger partial charge in [-0.15, -0.1) is 0 Å². The summed E-state index contributed by atoms with van der Waals surface area (Å²) in [5, 5.41) is 53.9. The molecule has 13 fully saturated rings. The maximum atomic E-state index is 14.3. The standard InChI is InChI=1S/C36H52F2O4S.C30H48F2O2.C29H42O3S.C7H10F2O.C4H9.Li/c1-24(31(43(41,42)26-8-6-5-7-9-26)23-35(40)18-20-36(37,38)21-19-35)28-12-13-29-27-11-10-25-22-32(2,39)16-17-33(25,3)30(27)14-15-34(28,29)4;1-20(9-12-29(34)15-17-30(31,32)18-16-29)23-7-8-24-22-6-5-21-19-26(2,33)13-14-27(21,3)25(22)10-11-28(23,24)4;1-20(19-33(31,32)22-8-6-5-7-9-22)24-12-13-25-23-11-10-21-18-27(2,30)16-17-28(21,3)26(23)14-15-29(24,25)4;8-7(9)3-1-6(2-4-7)5-10-6;1-3-4-2;/h5-10,24,27-31,39-40H,11-23H2,1-4H3;5,20,22-25,33-34H,6-19H2,1-4H3;5-10,20,23-26,30H,11-19H2,1-4H3;1-5H2;1,3-4H2,2H3;/q;;;;-1;+1/t24-,27-,28+,29-,30-,31?,32-,33-,34+;20-,22+,23-,24+,25+,26+,27+,28-;20-,23+,24-,25+,26+,27+,28+,29-;;;/m011.../s1. The van der Waals surface area contributed by atoms with Gasteiger partial charge in [0.05, 0.1) is 61.0 Å². The predicted octanol–water partition coefficient (Wildman–Crippen LogP) is 22.8. The number of allylic oxidation sites excluding steroid dienone is 3. The van der Waals surface area contributed by atoms with Crippen molar-refractivity contribution in [3.8, 4) is 0 Å². The first kappa shape index (κ1) is 100.0. The minimum atomic E-state index is -3.81. The number of alkyl halides is 6. The SMILES string of the molecule is C[C@H](C(CC1(O)CCC(F)(F)CC1)S(=O)(=O)c1ccccc1)[C@H]1CC[C@H]2[C@@H]3CC=C4C[C@@](C)(O)CC[C@]4(C)[C@H]3CC[C@]12C.C[C@H](CCC1(O)CCC(F)(F)CC1)[C@H]1CC[C@H]2[C@@H]3CC=C4C[C@@](C)(O)CC[C@]4(C)[C@H]3CC[C@]12C.C[C@H](CS(=O)(=O)c1ccccc1)[C@H]1CC[C@H]2[C@@H]3CC=C4C[C@@](C)(O)CC[C@]4(C)[C@H]3CC[C@]12C.FC1(F)CCC2(CC1)CO2.[CH2-]CCC.[Li+]. The second-order valence-corrected chi connectivity index (χ2v) is 51.6. The van der Waals surface area contributed by atoms with E-state index in [1.54, 1.807) is 42.5 Å². The molecule has 2 aromatic carbocycles. The van der Waals surface area contributed by atoms with Crippen LogP contribution in [0.2, 0.25) is 0 Å². The Labute approximate surface area is 762 Å². The fourth-order valence-corrected chi connectivity index (χ4v) is 35.1. The molecule has 1 heterocycles. The molecule has 0 bridgehead atoms. The molecule has 19 heteroatoms. The van der Waals surface area contributed by atoms with Crippen LogP contribution in [0.4, 0.5) is 26.3 Å². The molecular formula is C106H161F6LiO10S2. The third-order valence-electron chi connectivity index (χ3n) is 39.3. The molecule has 5 N–H and O–H groups in total. The molecule has 1 unspecified atom stereocenters. The largest absolute Gasteiger partial charge is 1.00 e. The summed E-state index contributed by atoms with van der Waals surface area (Å²) in [7, 11) is -7.06. The molecule has 16 aliphatic rings. The number of fused-ring (bicyclic) bond motifs is 15. The van der Waals surface area contributed by atoms with Gasteiger partial charge in [0, 0.05) is 38.5 Å². The second-order valence-electron chi connectivity index (χ2n) is 47.4. The molecule has 18 rings (SSSR count). The van der Waals surface area contributed by atoms with Gasteiger partial charge in [-0.1, -0.05) is 147 Å². The molecule has 0 aromatic heterocycles. The van der Waals surface area contributed by atoms with Crippen LogP contribution in [0.3, 0.4) is 0 Å². The molecule has 1 spiro atoms. The fourth-order valence-electron chi connectivity index (χ4n) is 31.2. The number of unbranched alkanes of at least 4 members (excludes halogenated alkanes) is 1. The van der Waals surface area contributed by atoms with Crippen LogP contribution in [0.5, 0.6) is 0 Å². The normalized spacial score (nSPS) is 42.0. The topological polar surface area (TPSA) is 182 Å². The van der Waals surface area contributed by atoms with Crippen LogP contribution in [0.25, 0.3) is 0 Å². The Morgan fingerprint density at radius 3 is 1.13 bits per heavy atom. The first-order valence-corrected chi connectivity index (χ1v) is 52.8. The summed E-state index contributed by atoms with van der Waals surface area (Å²) in [4.78, 5) is 0.720. The first-order chi connectivity index (χ1) is 57.8. The summed E-state index contributed by atoms with van der Waals surface area (Å²) in [6, 6.07) is 17.5. The van der Waals surface area contributed by atoms with Crippen molar-refractivity contribution < 1.29 is 92.3 Å². The van der Waals surface area contributed by atoms with Crippen LogP contribution in [-0.4, -0.2) is 111 Å². The number of sulfone groups is 2. The zero-order valence-corrected chi connectivity index (χ0v) is 80.9. The van der Waals surface area contributed by atoms with Gasteiger partial charge in [0.1, 0.15) is 0 Å². The molecule has 0 radical (unpaired) electrons. The number of aliphatic hydroxyl groups is 5. The number of hydrogen-bond acceptors (Lipinski definition) is 10. The van der Waals surface area contributed by atoms with Gasteiger partial charge in [-0.2, -0.15) is 6.42 Å². The van der Waals surface area contributed by atoms with Crippen LogP contribution in [0.15, 0.2) is 105 Å². The molecule has 25 atom stereocenters. The van der Waals surface area contributed by atoms with Crippen molar-refractivity contribution in [1.82, 2.24) is 0 Å².